The number of fused-ring (bicyclic) bond motifs is 5. The molecule has 0 aromatic heterocycles. The molecule has 4 aliphatic rings. The molecule has 0 spiro atoms. The quantitative estimate of drug-likeness (QED) is 0.717. The molecule has 0 radical (unpaired) electrons. The number of carbonyl (C=O) groups excluding carboxylic acids is 2. The fourth-order valence-electron chi connectivity index (χ4n) is 8.20. The van der Waals surface area contributed by atoms with Crippen LogP contribution in [0.2, 0.25) is 0 Å². The normalized spacial score (nSPS) is 47.8. The Morgan fingerprint density at radius 2 is 1.82 bits per heavy atom. The van der Waals surface area contributed by atoms with Crippen molar-refractivity contribution in [3.63, 3.8) is 0 Å². The van der Waals surface area contributed by atoms with Crippen molar-refractivity contribution in [3.8, 4) is 0 Å². The van der Waals surface area contributed by atoms with E-state index < -0.39 is 0 Å². The van der Waals surface area contributed by atoms with Gasteiger partial charge in [-0.1, -0.05) is 13.8 Å². The van der Waals surface area contributed by atoms with E-state index in [4.69, 9.17) is 4.74 Å². The molecule has 0 aromatic rings. The average Bonchev–Trinajstić information content (AvgIpc) is 3.00. The Bertz CT molecular complexity index is 630. The summed E-state index contributed by atoms with van der Waals surface area (Å²) in [7, 11) is 1.47. The van der Waals surface area contributed by atoms with Gasteiger partial charge in [0.1, 0.15) is 5.78 Å². The summed E-state index contributed by atoms with van der Waals surface area (Å²) in [5, 5.41) is 10.2. The smallest absolute Gasteiger partial charge is 0.305 e. The number of aliphatic hydroxyl groups excluding tert-OH is 1. The van der Waals surface area contributed by atoms with Gasteiger partial charge in [0.25, 0.3) is 0 Å². The molecule has 0 saturated heterocycles. The second kappa shape index (κ2) is 7.41. The van der Waals surface area contributed by atoms with Gasteiger partial charge in [-0.15, -0.1) is 0 Å². The van der Waals surface area contributed by atoms with Crippen molar-refractivity contribution < 1.29 is 19.4 Å². The summed E-state index contributed by atoms with van der Waals surface area (Å²) < 4.78 is 4.80. The number of carbonyl (C=O) groups is 2. The molecular formula is C24H38O4. The SMILES string of the molecule is COC(=O)CCCC1CCC2C3CC(=O)C4CC(O)CCC4(C)C3CCC12C. The van der Waals surface area contributed by atoms with Gasteiger partial charge in [-0.25, -0.2) is 0 Å². The second-order valence-electron chi connectivity index (χ2n) is 10.8. The van der Waals surface area contributed by atoms with Gasteiger partial charge in [0.05, 0.1) is 13.2 Å². The summed E-state index contributed by atoms with van der Waals surface area (Å²) in [5.41, 5.74) is 0.429. The molecule has 0 aromatic carbocycles. The monoisotopic (exact) mass is 390 g/mol. The number of ketones is 1. The highest BCUT2D eigenvalue weighted by Crippen LogP contribution is 2.67. The molecule has 158 valence electrons. The van der Waals surface area contributed by atoms with Crippen LogP contribution in [0.3, 0.4) is 0 Å². The lowest BCUT2D eigenvalue weighted by Crippen LogP contribution is -2.57. The highest BCUT2D eigenvalue weighted by atomic mass is 16.5. The molecule has 4 fully saturated rings. The molecule has 28 heavy (non-hydrogen) atoms. The van der Waals surface area contributed by atoms with Crippen molar-refractivity contribution in [2.24, 2.45) is 40.4 Å². The summed E-state index contributed by atoms with van der Waals surface area (Å²) in [4.78, 5) is 24.6. The minimum absolute atomic E-state index is 0.0825. The first kappa shape index (κ1) is 20.4. The summed E-state index contributed by atoms with van der Waals surface area (Å²) >= 11 is 0. The third-order valence-electron chi connectivity index (χ3n) is 9.79. The van der Waals surface area contributed by atoms with Crippen LogP contribution in [-0.4, -0.2) is 30.1 Å². The van der Waals surface area contributed by atoms with Crippen molar-refractivity contribution in [1.29, 1.82) is 0 Å². The molecule has 0 amide bonds. The van der Waals surface area contributed by atoms with Crippen molar-refractivity contribution in [2.45, 2.75) is 90.6 Å². The summed E-state index contributed by atoms with van der Waals surface area (Å²) in [6.45, 7) is 4.84. The molecule has 4 heteroatoms. The molecule has 0 bridgehead atoms. The van der Waals surface area contributed by atoms with Crippen LogP contribution in [0.5, 0.6) is 0 Å². The number of methoxy groups -OCH3 is 1. The van der Waals surface area contributed by atoms with E-state index in [1.807, 2.05) is 0 Å². The standard InChI is InChI=1S/C24H38O4/c1-23-12-10-19-17(14-21(26)20-13-16(25)9-11-24(19,20)2)18(23)8-7-15(23)5-4-6-22(27)28-3/h15-20,25H,4-14H2,1-3H3. The van der Waals surface area contributed by atoms with Crippen molar-refractivity contribution in [2.75, 3.05) is 7.11 Å². The minimum atomic E-state index is -0.280. The molecule has 1 N–H and O–H groups in total. The van der Waals surface area contributed by atoms with Crippen LogP contribution in [0.15, 0.2) is 0 Å². The van der Waals surface area contributed by atoms with Crippen LogP contribution in [0.25, 0.3) is 0 Å². The van der Waals surface area contributed by atoms with Crippen LogP contribution >= 0.6 is 0 Å². The highest BCUT2D eigenvalue weighted by Gasteiger charge is 2.61. The predicted molar refractivity (Wildman–Crippen MR) is 107 cm³/mol. The van der Waals surface area contributed by atoms with E-state index in [0.717, 1.165) is 32.1 Å². The van der Waals surface area contributed by atoms with E-state index in [2.05, 4.69) is 13.8 Å². The third-order valence-corrected chi connectivity index (χ3v) is 9.79. The van der Waals surface area contributed by atoms with Gasteiger partial charge in [0.15, 0.2) is 0 Å². The molecule has 8 unspecified atom stereocenters. The zero-order valence-corrected chi connectivity index (χ0v) is 17.9. The topological polar surface area (TPSA) is 63.6 Å². The molecule has 4 rings (SSSR count). The first-order valence-corrected chi connectivity index (χ1v) is 11.6. The number of ether oxygens (including phenoxy) is 1. The predicted octanol–water partition coefficient (Wildman–Crippen LogP) is 4.53. The van der Waals surface area contributed by atoms with Crippen molar-refractivity contribution in [1.82, 2.24) is 0 Å². The highest BCUT2D eigenvalue weighted by molar-refractivity contribution is 5.83. The number of hydrogen-bond acceptors (Lipinski definition) is 4. The Morgan fingerprint density at radius 1 is 1.11 bits per heavy atom. The molecule has 0 heterocycles. The molecule has 8 atom stereocenters. The van der Waals surface area contributed by atoms with Gasteiger partial charge in [-0.2, -0.15) is 0 Å². The zero-order valence-electron chi connectivity index (χ0n) is 17.9. The maximum atomic E-state index is 13.1. The minimum Gasteiger partial charge on any atom is -0.469 e. The van der Waals surface area contributed by atoms with Gasteiger partial charge in [0, 0.05) is 18.8 Å². The number of Topliss-reactive ketones (excluding diaryl/α,β-unsaturated/α-hetero) is 1. The Hall–Kier alpha value is -0.900. The Labute approximate surface area is 169 Å². The Morgan fingerprint density at radius 3 is 2.57 bits per heavy atom. The molecule has 4 saturated carbocycles. The Kier molecular flexibility index (Phi) is 5.39. The number of hydrogen-bond donors (Lipinski definition) is 1. The van der Waals surface area contributed by atoms with Crippen LogP contribution in [-0.2, 0) is 14.3 Å². The summed E-state index contributed by atoms with van der Waals surface area (Å²) in [6.07, 6.45) is 10.6. The van der Waals surface area contributed by atoms with Gasteiger partial charge >= 0.3 is 5.97 Å². The fourth-order valence-corrected chi connectivity index (χ4v) is 8.20. The first-order chi connectivity index (χ1) is 13.3. The second-order valence-corrected chi connectivity index (χ2v) is 10.8. The molecule has 4 aliphatic carbocycles. The number of esters is 1. The number of rotatable bonds is 4. The zero-order chi connectivity index (χ0) is 20.1. The van der Waals surface area contributed by atoms with Crippen LogP contribution < -0.4 is 0 Å². The lowest BCUT2D eigenvalue weighted by molar-refractivity contribution is -0.159. The molecule has 4 nitrogen and oxygen atoms in total. The van der Waals surface area contributed by atoms with Crippen LogP contribution in [0.1, 0.15) is 84.5 Å². The maximum Gasteiger partial charge on any atom is 0.305 e. The largest absolute Gasteiger partial charge is 0.469 e. The van der Waals surface area contributed by atoms with E-state index in [0.29, 0.717) is 47.7 Å². The van der Waals surface area contributed by atoms with E-state index in [-0.39, 0.29) is 23.4 Å². The van der Waals surface area contributed by atoms with Gasteiger partial charge in [-0.3, -0.25) is 9.59 Å². The van der Waals surface area contributed by atoms with E-state index in [1.54, 1.807) is 0 Å². The lowest BCUT2D eigenvalue weighted by atomic mass is 9.44. The van der Waals surface area contributed by atoms with Gasteiger partial charge in [0.2, 0.25) is 0 Å². The van der Waals surface area contributed by atoms with E-state index in [1.165, 1.54) is 32.8 Å². The molecule has 0 aliphatic heterocycles. The van der Waals surface area contributed by atoms with E-state index in [9.17, 15) is 14.7 Å². The third kappa shape index (κ3) is 3.14. The van der Waals surface area contributed by atoms with Crippen molar-refractivity contribution in [3.05, 3.63) is 0 Å². The fraction of sp³-hybridized carbons (Fsp3) is 0.917. The maximum absolute atomic E-state index is 13.1. The van der Waals surface area contributed by atoms with E-state index >= 15 is 0 Å². The first-order valence-electron chi connectivity index (χ1n) is 11.6. The van der Waals surface area contributed by atoms with Gasteiger partial charge < -0.3 is 9.84 Å². The van der Waals surface area contributed by atoms with Crippen molar-refractivity contribution >= 4 is 11.8 Å². The molecular weight excluding hydrogens is 352 g/mol. The summed E-state index contributed by atoms with van der Waals surface area (Å²) in [6, 6.07) is 0. The average molecular weight is 391 g/mol. The number of aliphatic hydroxyl groups is 1. The van der Waals surface area contributed by atoms with Crippen LogP contribution in [0, 0.1) is 40.4 Å². The Balaban J connectivity index is 1.49. The summed E-state index contributed by atoms with van der Waals surface area (Å²) in [5.74, 6) is 2.93. The van der Waals surface area contributed by atoms with Crippen LogP contribution in [0.4, 0.5) is 0 Å². The lowest BCUT2D eigenvalue weighted by Gasteiger charge is -2.60. The van der Waals surface area contributed by atoms with Gasteiger partial charge in [-0.05, 0) is 92.3 Å².